The molecule has 1 unspecified atom stereocenters. The van der Waals surface area contributed by atoms with Crippen molar-refractivity contribution in [3.8, 4) is 0 Å². The van der Waals surface area contributed by atoms with Gasteiger partial charge >= 0.3 is 11.9 Å². The Labute approximate surface area is 90.5 Å². The van der Waals surface area contributed by atoms with Crippen molar-refractivity contribution >= 4 is 11.9 Å². The molecule has 1 fully saturated rings. The van der Waals surface area contributed by atoms with Gasteiger partial charge in [-0.1, -0.05) is 31.9 Å². The smallest absolute Gasteiger partial charge is 0.317 e. The number of ether oxygens (including phenoxy) is 1. The van der Waals surface area contributed by atoms with Crippen LogP contribution < -0.4 is 0 Å². The minimum atomic E-state index is -0.385. The highest BCUT2D eigenvalue weighted by atomic mass is 16.6. The maximum Gasteiger partial charge on any atom is 0.317 e. The second kappa shape index (κ2) is 6.38. The summed E-state index contributed by atoms with van der Waals surface area (Å²) in [6, 6.07) is 0. The molecule has 1 heterocycles. The summed E-state index contributed by atoms with van der Waals surface area (Å²) in [7, 11) is 0. The summed E-state index contributed by atoms with van der Waals surface area (Å²) in [4.78, 5) is 21.8. The number of rotatable bonds is 6. The molecule has 0 amide bonds. The van der Waals surface area contributed by atoms with E-state index in [-0.39, 0.29) is 24.3 Å². The lowest BCUT2D eigenvalue weighted by molar-refractivity contribution is -0.153. The molecule has 1 rings (SSSR count). The van der Waals surface area contributed by atoms with Crippen molar-refractivity contribution in [1.82, 2.24) is 0 Å². The number of allylic oxidation sites excluding steroid dienone is 2. The number of hydrogen-bond donors (Lipinski definition) is 0. The Balaban J connectivity index is 2.14. The lowest BCUT2D eigenvalue weighted by Gasteiger charge is -1.98. The van der Waals surface area contributed by atoms with E-state index in [1.165, 1.54) is 19.3 Å². The van der Waals surface area contributed by atoms with Gasteiger partial charge in [-0.2, -0.15) is 0 Å². The fraction of sp³-hybridized carbons (Fsp3) is 0.667. The van der Waals surface area contributed by atoms with Gasteiger partial charge in [-0.25, -0.2) is 0 Å². The van der Waals surface area contributed by atoms with Crippen LogP contribution in [0.1, 0.15) is 45.4 Å². The summed E-state index contributed by atoms with van der Waals surface area (Å²) in [5, 5.41) is 0. The molecular formula is C12H18O3. The zero-order valence-corrected chi connectivity index (χ0v) is 9.20. The molecule has 1 aliphatic rings. The molecular weight excluding hydrogens is 192 g/mol. The normalized spacial score (nSPS) is 21.3. The van der Waals surface area contributed by atoms with Crippen molar-refractivity contribution < 1.29 is 14.3 Å². The second-order valence-electron chi connectivity index (χ2n) is 3.90. The van der Waals surface area contributed by atoms with Gasteiger partial charge in [0.15, 0.2) is 0 Å². The standard InChI is InChI=1S/C12H18O3/c1-2-3-4-5-6-7-8-10-9-11(13)15-12(10)14/h6-7,10H,2-5,8-9H2,1H3/b7-6-. The van der Waals surface area contributed by atoms with Crippen LogP contribution in [0.3, 0.4) is 0 Å². The number of hydrogen-bond acceptors (Lipinski definition) is 3. The Morgan fingerprint density at radius 3 is 2.73 bits per heavy atom. The van der Waals surface area contributed by atoms with Crippen LogP contribution >= 0.6 is 0 Å². The number of carbonyl (C=O) groups is 2. The van der Waals surface area contributed by atoms with Crippen LogP contribution in [-0.4, -0.2) is 11.9 Å². The van der Waals surface area contributed by atoms with Crippen LogP contribution in [0.2, 0.25) is 0 Å². The van der Waals surface area contributed by atoms with Gasteiger partial charge in [0.25, 0.3) is 0 Å². The van der Waals surface area contributed by atoms with Gasteiger partial charge < -0.3 is 4.74 Å². The molecule has 0 aliphatic carbocycles. The van der Waals surface area contributed by atoms with Gasteiger partial charge in [-0.05, 0) is 19.3 Å². The minimum absolute atomic E-state index is 0.236. The monoisotopic (exact) mass is 210 g/mol. The van der Waals surface area contributed by atoms with E-state index < -0.39 is 0 Å². The summed E-state index contributed by atoms with van der Waals surface area (Å²) in [5.74, 6) is -0.984. The van der Waals surface area contributed by atoms with Crippen LogP contribution in [0.15, 0.2) is 12.2 Å². The Hall–Kier alpha value is -1.12. The van der Waals surface area contributed by atoms with Crippen LogP contribution in [-0.2, 0) is 14.3 Å². The molecule has 0 aromatic heterocycles. The molecule has 0 aromatic carbocycles. The van der Waals surface area contributed by atoms with E-state index in [0.717, 1.165) is 6.42 Å². The zero-order chi connectivity index (χ0) is 11.1. The van der Waals surface area contributed by atoms with E-state index in [1.807, 2.05) is 6.08 Å². The molecule has 0 aromatic rings. The molecule has 1 aliphatic heterocycles. The van der Waals surface area contributed by atoms with Crippen LogP contribution in [0.25, 0.3) is 0 Å². The summed E-state index contributed by atoms with van der Waals surface area (Å²) >= 11 is 0. The maximum atomic E-state index is 11.1. The Morgan fingerprint density at radius 1 is 1.33 bits per heavy atom. The highest BCUT2D eigenvalue weighted by molar-refractivity contribution is 5.94. The molecule has 1 saturated heterocycles. The Kier molecular flexibility index (Phi) is 5.08. The molecule has 0 spiro atoms. The van der Waals surface area contributed by atoms with E-state index in [2.05, 4.69) is 17.7 Å². The van der Waals surface area contributed by atoms with Crippen molar-refractivity contribution in [1.29, 1.82) is 0 Å². The largest absolute Gasteiger partial charge is 0.393 e. The van der Waals surface area contributed by atoms with Crippen molar-refractivity contribution in [2.24, 2.45) is 5.92 Å². The maximum absolute atomic E-state index is 11.1. The molecule has 3 nitrogen and oxygen atoms in total. The van der Waals surface area contributed by atoms with Crippen molar-refractivity contribution in [3.05, 3.63) is 12.2 Å². The van der Waals surface area contributed by atoms with E-state index >= 15 is 0 Å². The SMILES string of the molecule is CCCCC/C=C\CC1CC(=O)OC1=O. The topological polar surface area (TPSA) is 43.4 Å². The third-order valence-corrected chi connectivity index (χ3v) is 2.52. The van der Waals surface area contributed by atoms with E-state index in [0.29, 0.717) is 6.42 Å². The van der Waals surface area contributed by atoms with Gasteiger partial charge in [-0.3, -0.25) is 9.59 Å². The first-order valence-corrected chi connectivity index (χ1v) is 5.63. The molecule has 0 radical (unpaired) electrons. The van der Waals surface area contributed by atoms with Gasteiger partial charge in [0.2, 0.25) is 0 Å². The predicted octanol–water partition coefficient (Wildman–Crippen LogP) is 2.60. The first-order chi connectivity index (χ1) is 7.24. The number of unbranched alkanes of at least 4 members (excludes halogenated alkanes) is 3. The highest BCUT2D eigenvalue weighted by Gasteiger charge is 2.31. The third-order valence-electron chi connectivity index (χ3n) is 2.52. The summed E-state index contributed by atoms with van der Waals surface area (Å²) < 4.78 is 4.46. The van der Waals surface area contributed by atoms with Crippen LogP contribution in [0, 0.1) is 5.92 Å². The Morgan fingerprint density at radius 2 is 2.13 bits per heavy atom. The van der Waals surface area contributed by atoms with Gasteiger partial charge in [0.05, 0.1) is 12.3 Å². The number of carbonyl (C=O) groups excluding carboxylic acids is 2. The van der Waals surface area contributed by atoms with Crippen molar-refractivity contribution in [3.63, 3.8) is 0 Å². The van der Waals surface area contributed by atoms with E-state index in [9.17, 15) is 9.59 Å². The number of esters is 2. The van der Waals surface area contributed by atoms with Crippen LogP contribution in [0.5, 0.6) is 0 Å². The molecule has 0 saturated carbocycles. The van der Waals surface area contributed by atoms with E-state index in [1.54, 1.807) is 0 Å². The molecule has 1 atom stereocenters. The van der Waals surface area contributed by atoms with Gasteiger partial charge in [-0.15, -0.1) is 0 Å². The average Bonchev–Trinajstić information content (AvgIpc) is 2.51. The minimum Gasteiger partial charge on any atom is -0.393 e. The van der Waals surface area contributed by atoms with E-state index in [4.69, 9.17) is 0 Å². The third kappa shape index (κ3) is 4.28. The van der Waals surface area contributed by atoms with Crippen molar-refractivity contribution in [2.45, 2.75) is 45.4 Å². The highest BCUT2D eigenvalue weighted by Crippen LogP contribution is 2.19. The second-order valence-corrected chi connectivity index (χ2v) is 3.90. The van der Waals surface area contributed by atoms with Crippen LogP contribution in [0.4, 0.5) is 0 Å². The fourth-order valence-corrected chi connectivity index (χ4v) is 1.59. The van der Waals surface area contributed by atoms with Gasteiger partial charge in [0.1, 0.15) is 0 Å². The quantitative estimate of drug-likeness (QED) is 0.293. The summed E-state index contributed by atoms with van der Waals surface area (Å²) in [6.45, 7) is 2.17. The molecule has 3 heteroatoms. The summed E-state index contributed by atoms with van der Waals surface area (Å²) in [5.41, 5.74) is 0. The first-order valence-electron chi connectivity index (χ1n) is 5.63. The summed E-state index contributed by atoms with van der Waals surface area (Å²) in [6.07, 6.45) is 9.68. The predicted molar refractivity (Wildman–Crippen MR) is 57.1 cm³/mol. The first kappa shape index (κ1) is 12.0. The molecule has 0 bridgehead atoms. The molecule has 0 N–H and O–H groups in total. The molecule has 15 heavy (non-hydrogen) atoms. The van der Waals surface area contributed by atoms with Crippen molar-refractivity contribution in [2.75, 3.05) is 0 Å². The lowest BCUT2D eigenvalue weighted by atomic mass is 10.0. The zero-order valence-electron chi connectivity index (χ0n) is 9.20. The van der Waals surface area contributed by atoms with Gasteiger partial charge in [0, 0.05) is 0 Å². The lowest BCUT2D eigenvalue weighted by Crippen LogP contribution is -2.05. The fourth-order valence-electron chi connectivity index (χ4n) is 1.59. The average molecular weight is 210 g/mol. The number of cyclic esters (lactones) is 2. The molecule has 84 valence electrons. The Bertz CT molecular complexity index is 256.